The number of amides is 1. The Bertz CT molecular complexity index is 777. The number of ether oxygens (including phenoxy) is 1. The van der Waals surface area contributed by atoms with E-state index in [2.05, 4.69) is 5.32 Å². The molecule has 0 radical (unpaired) electrons. The van der Waals surface area contributed by atoms with Gasteiger partial charge in [0.15, 0.2) is 5.78 Å². The van der Waals surface area contributed by atoms with E-state index in [0.717, 1.165) is 11.8 Å². The second-order valence-electron chi connectivity index (χ2n) is 5.08. The molecule has 0 atom stereocenters. The monoisotopic (exact) mass is 361 g/mol. The highest BCUT2D eigenvalue weighted by Crippen LogP contribution is 2.15. The Kier molecular flexibility index (Phi) is 6.71. The summed E-state index contributed by atoms with van der Waals surface area (Å²) >= 11 is 1.06. The molecule has 5 nitrogen and oxygen atoms in total. The Balaban J connectivity index is 1.74. The third-order valence-electron chi connectivity index (χ3n) is 3.09. The molecular formula is C18H16FNO4S. The molecule has 25 heavy (non-hydrogen) atoms. The van der Waals surface area contributed by atoms with Crippen molar-refractivity contribution in [2.75, 3.05) is 16.8 Å². The number of Topliss-reactive ketones (excluding diaryl/α,β-unsaturated/α-hetero) is 1. The van der Waals surface area contributed by atoms with Crippen LogP contribution in [0.4, 0.5) is 10.1 Å². The normalized spacial score (nSPS) is 10.2. The summed E-state index contributed by atoms with van der Waals surface area (Å²) in [7, 11) is 0. The summed E-state index contributed by atoms with van der Waals surface area (Å²) in [4.78, 5) is 34.6. The molecule has 0 spiro atoms. The smallest absolute Gasteiger partial charge is 0.321 e. The lowest BCUT2D eigenvalue weighted by atomic mass is 10.1. The fourth-order valence-electron chi connectivity index (χ4n) is 1.89. The zero-order valence-electron chi connectivity index (χ0n) is 13.5. The molecule has 1 N–H and O–H groups in total. The van der Waals surface area contributed by atoms with E-state index in [1.54, 1.807) is 18.2 Å². The van der Waals surface area contributed by atoms with Crippen LogP contribution in [0.1, 0.15) is 17.3 Å². The topological polar surface area (TPSA) is 72.5 Å². The molecule has 0 aliphatic carbocycles. The number of hydrogen-bond acceptors (Lipinski definition) is 5. The van der Waals surface area contributed by atoms with E-state index in [9.17, 15) is 18.8 Å². The summed E-state index contributed by atoms with van der Waals surface area (Å²) in [6.07, 6.45) is 0. The van der Waals surface area contributed by atoms with E-state index in [1.165, 1.54) is 37.3 Å². The first-order valence-electron chi connectivity index (χ1n) is 7.39. The van der Waals surface area contributed by atoms with Gasteiger partial charge in [0.05, 0.1) is 17.2 Å². The first kappa shape index (κ1) is 18.7. The molecule has 0 aliphatic rings. The molecule has 7 heteroatoms. The molecule has 0 aliphatic heterocycles. The van der Waals surface area contributed by atoms with Crippen molar-refractivity contribution in [3.8, 4) is 5.75 Å². The Morgan fingerprint density at radius 1 is 1.04 bits per heavy atom. The van der Waals surface area contributed by atoms with Crippen molar-refractivity contribution >= 4 is 35.1 Å². The number of carbonyl (C=O) groups is 3. The molecule has 1 amide bonds. The van der Waals surface area contributed by atoms with Gasteiger partial charge < -0.3 is 10.1 Å². The molecular weight excluding hydrogens is 345 g/mol. The molecule has 0 bridgehead atoms. The van der Waals surface area contributed by atoms with E-state index in [1.807, 2.05) is 0 Å². The van der Waals surface area contributed by atoms with Crippen LogP contribution in [0.2, 0.25) is 0 Å². The first-order chi connectivity index (χ1) is 12.0. The van der Waals surface area contributed by atoms with Gasteiger partial charge in [-0.15, -0.1) is 11.8 Å². The number of esters is 1. The van der Waals surface area contributed by atoms with Crippen LogP contribution in [0, 0.1) is 5.82 Å². The number of para-hydroxylation sites is 1. The second-order valence-corrected chi connectivity index (χ2v) is 6.06. The average Bonchev–Trinajstić information content (AvgIpc) is 2.57. The van der Waals surface area contributed by atoms with Crippen LogP contribution in [-0.4, -0.2) is 29.2 Å². The molecule has 2 aromatic rings. The minimum Gasteiger partial charge on any atom is -0.426 e. The molecule has 0 heterocycles. The van der Waals surface area contributed by atoms with Gasteiger partial charge in [-0.2, -0.15) is 0 Å². The lowest BCUT2D eigenvalue weighted by Gasteiger charge is -2.06. The van der Waals surface area contributed by atoms with Crippen LogP contribution in [-0.2, 0) is 9.59 Å². The summed E-state index contributed by atoms with van der Waals surface area (Å²) in [5.41, 5.74) is 0.625. The maximum atomic E-state index is 13.4. The molecule has 130 valence electrons. The standard InChI is InChI=1S/C18H16FNO4S/c1-12(21)13-6-8-14(9-7-13)24-18(23)11-25-10-17(22)20-16-5-3-2-4-15(16)19/h2-9H,10-11H2,1H3,(H,20,22). The van der Waals surface area contributed by atoms with Crippen molar-refractivity contribution < 1.29 is 23.5 Å². The molecule has 2 rings (SSSR count). The highest BCUT2D eigenvalue weighted by atomic mass is 32.2. The van der Waals surface area contributed by atoms with Crippen LogP contribution in [0.15, 0.2) is 48.5 Å². The molecule has 0 unspecified atom stereocenters. The van der Waals surface area contributed by atoms with Crippen molar-refractivity contribution in [3.63, 3.8) is 0 Å². The number of rotatable bonds is 7. The number of thioether (sulfide) groups is 1. The van der Waals surface area contributed by atoms with Crippen molar-refractivity contribution in [1.82, 2.24) is 0 Å². The quantitative estimate of drug-likeness (QED) is 0.465. The van der Waals surface area contributed by atoms with Gasteiger partial charge in [-0.3, -0.25) is 14.4 Å². The van der Waals surface area contributed by atoms with Gasteiger partial charge in [-0.25, -0.2) is 4.39 Å². The van der Waals surface area contributed by atoms with Gasteiger partial charge in [0.1, 0.15) is 11.6 Å². The average molecular weight is 361 g/mol. The Morgan fingerprint density at radius 2 is 1.72 bits per heavy atom. The summed E-state index contributed by atoms with van der Waals surface area (Å²) in [5.74, 6) is -1.23. The minimum atomic E-state index is -0.519. The van der Waals surface area contributed by atoms with Crippen LogP contribution in [0.5, 0.6) is 5.75 Å². The van der Waals surface area contributed by atoms with E-state index in [4.69, 9.17) is 4.74 Å². The van der Waals surface area contributed by atoms with Gasteiger partial charge >= 0.3 is 5.97 Å². The minimum absolute atomic E-state index is 0.00723. The van der Waals surface area contributed by atoms with Crippen molar-refractivity contribution in [3.05, 3.63) is 59.9 Å². The number of benzene rings is 2. The predicted octanol–water partition coefficient (Wildman–Crippen LogP) is 3.31. The lowest BCUT2D eigenvalue weighted by molar-refractivity contribution is -0.131. The predicted molar refractivity (Wildman–Crippen MR) is 94.4 cm³/mol. The largest absolute Gasteiger partial charge is 0.426 e. The summed E-state index contributed by atoms with van der Waals surface area (Å²) < 4.78 is 18.5. The zero-order valence-corrected chi connectivity index (χ0v) is 14.3. The van der Waals surface area contributed by atoms with Gasteiger partial charge in [-0.1, -0.05) is 12.1 Å². The number of ketones is 1. The van der Waals surface area contributed by atoms with Gasteiger partial charge in [0.25, 0.3) is 0 Å². The Labute approximate surface area is 148 Å². The van der Waals surface area contributed by atoms with Crippen LogP contribution in [0.3, 0.4) is 0 Å². The highest BCUT2D eigenvalue weighted by Gasteiger charge is 2.10. The third-order valence-corrected chi connectivity index (χ3v) is 4.00. The van der Waals surface area contributed by atoms with Crippen molar-refractivity contribution in [2.45, 2.75) is 6.92 Å². The number of nitrogens with one attached hydrogen (secondary N) is 1. The Morgan fingerprint density at radius 3 is 2.36 bits per heavy atom. The maximum absolute atomic E-state index is 13.4. The first-order valence-corrected chi connectivity index (χ1v) is 8.55. The molecule has 2 aromatic carbocycles. The van der Waals surface area contributed by atoms with Crippen LogP contribution >= 0.6 is 11.8 Å². The van der Waals surface area contributed by atoms with Crippen molar-refractivity contribution in [1.29, 1.82) is 0 Å². The molecule has 0 saturated carbocycles. The van der Waals surface area contributed by atoms with Gasteiger partial charge in [-0.05, 0) is 43.3 Å². The summed E-state index contributed by atoms with van der Waals surface area (Å²) in [5, 5.41) is 2.43. The number of hydrogen-bond donors (Lipinski definition) is 1. The van der Waals surface area contributed by atoms with Crippen molar-refractivity contribution in [2.24, 2.45) is 0 Å². The van der Waals surface area contributed by atoms with Gasteiger partial charge in [0, 0.05) is 5.56 Å². The second kappa shape index (κ2) is 8.98. The van der Waals surface area contributed by atoms with E-state index >= 15 is 0 Å². The maximum Gasteiger partial charge on any atom is 0.321 e. The fraction of sp³-hybridized carbons (Fsp3) is 0.167. The van der Waals surface area contributed by atoms with Gasteiger partial charge in [0.2, 0.25) is 5.91 Å². The third kappa shape index (κ3) is 6.04. The van der Waals surface area contributed by atoms with Crippen LogP contribution in [0.25, 0.3) is 0 Å². The number of halogens is 1. The van der Waals surface area contributed by atoms with E-state index < -0.39 is 17.7 Å². The van der Waals surface area contributed by atoms with Crippen LogP contribution < -0.4 is 10.1 Å². The number of anilines is 1. The molecule has 0 aromatic heterocycles. The van der Waals surface area contributed by atoms with E-state index in [-0.39, 0.29) is 23.0 Å². The highest BCUT2D eigenvalue weighted by molar-refractivity contribution is 8.00. The summed E-state index contributed by atoms with van der Waals surface area (Å²) in [6.45, 7) is 1.45. The molecule has 0 fully saturated rings. The summed E-state index contributed by atoms with van der Waals surface area (Å²) in [6, 6.07) is 12.0. The lowest BCUT2D eigenvalue weighted by Crippen LogP contribution is -2.17. The zero-order chi connectivity index (χ0) is 18.2. The van der Waals surface area contributed by atoms with E-state index in [0.29, 0.717) is 11.3 Å². The number of carbonyl (C=O) groups excluding carboxylic acids is 3. The fourth-order valence-corrected chi connectivity index (χ4v) is 2.48. The molecule has 0 saturated heterocycles. The SMILES string of the molecule is CC(=O)c1ccc(OC(=O)CSCC(=O)Nc2ccccc2F)cc1. The Hall–Kier alpha value is -2.67.